The number of nitriles is 1. The first-order valence-corrected chi connectivity index (χ1v) is 7.89. The molecule has 0 radical (unpaired) electrons. The van der Waals surface area contributed by atoms with Gasteiger partial charge in [0.05, 0.1) is 26.2 Å². The van der Waals surface area contributed by atoms with Crippen LogP contribution >= 0.6 is 69.6 Å². The molecule has 0 bridgehead atoms. The Kier molecular flexibility index (Phi) is 5.87. The number of aromatic nitrogens is 1. The quantitative estimate of drug-likeness (QED) is 0.174. The third-order valence-electron chi connectivity index (χ3n) is 2.64. The molecule has 0 fully saturated rings. The van der Waals surface area contributed by atoms with Gasteiger partial charge in [-0.15, -0.1) is 0 Å². The van der Waals surface area contributed by atoms with Crippen LogP contribution < -0.4 is 4.74 Å². The molecule has 0 aliphatic rings. The topological polar surface area (TPSA) is 89.0 Å². The molecule has 0 aliphatic carbocycles. The average molecular weight is 448 g/mol. The SMILES string of the molecule is N#Cc1cnc(Cl)c([N+](=O)[O-])c1Oc1c(Cl)c(Cl)c(Cl)c(Cl)c1Cl. The van der Waals surface area contributed by atoms with Gasteiger partial charge in [0.1, 0.15) is 21.7 Å². The second-order valence-corrected chi connectivity index (χ2v) is 6.26. The van der Waals surface area contributed by atoms with Crippen LogP contribution in [0.3, 0.4) is 0 Å². The summed E-state index contributed by atoms with van der Waals surface area (Å²) in [5, 5.41) is 18.9. The van der Waals surface area contributed by atoms with E-state index in [1.54, 1.807) is 6.07 Å². The van der Waals surface area contributed by atoms with Gasteiger partial charge in [0.2, 0.25) is 10.9 Å². The zero-order valence-electron chi connectivity index (χ0n) is 10.9. The van der Waals surface area contributed by atoms with E-state index in [0.717, 1.165) is 6.20 Å². The Bertz CT molecular complexity index is 883. The lowest BCUT2D eigenvalue weighted by Crippen LogP contribution is -2.00. The number of ether oxygens (including phenoxy) is 1. The molecule has 0 spiro atoms. The summed E-state index contributed by atoms with van der Waals surface area (Å²) in [5.41, 5.74) is -1.02. The third-order valence-corrected chi connectivity index (χ3v) is 5.16. The normalized spacial score (nSPS) is 10.4. The van der Waals surface area contributed by atoms with Crippen LogP contribution in [0, 0.1) is 21.4 Å². The molecule has 24 heavy (non-hydrogen) atoms. The highest BCUT2D eigenvalue weighted by Gasteiger charge is 2.29. The van der Waals surface area contributed by atoms with Crippen molar-refractivity contribution in [3.8, 4) is 17.6 Å². The summed E-state index contributed by atoms with van der Waals surface area (Å²) in [5.74, 6) is -0.833. The summed E-state index contributed by atoms with van der Waals surface area (Å²) >= 11 is 35.4. The standard InChI is InChI=1S/C12HCl6N3O3/c13-4-5(14)7(16)11(8(17)6(4)15)24-10-3(1-19)2-20-12(18)9(10)21(22)23/h2H. The molecule has 2 rings (SSSR count). The van der Waals surface area contributed by atoms with Gasteiger partial charge in [-0.2, -0.15) is 5.26 Å². The maximum atomic E-state index is 11.2. The first-order valence-electron chi connectivity index (χ1n) is 5.62. The van der Waals surface area contributed by atoms with E-state index in [4.69, 9.17) is 79.6 Å². The predicted molar refractivity (Wildman–Crippen MR) is 92.2 cm³/mol. The van der Waals surface area contributed by atoms with E-state index in [0.29, 0.717) is 0 Å². The average Bonchev–Trinajstić information content (AvgIpc) is 2.54. The molecular formula is C12HCl6N3O3. The smallest absolute Gasteiger partial charge is 0.349 e. The molecule has 6 nitrogen and oxygen atoms in total. The fourth-order valence-corrected chi connectivity index (χ4v) is 2.98. The number of nitrogens with zero attached hydrogens (tertiary/aromatic N) is 3. The molecule has 0 atom stereocenters. The number of pyridine rings is 1. The number of nitro groups is 1. The Hall–Kier alpha value is -1.20. The maximum Gasteiger partial charge on any atom is 0.349 e. The van der Waals surface area contributed by atoms with E-state index in [1.165, 1.54) is 0 Å². The Morgan fingerprint density at radius 3 is 1.96 bits per heavy atom. The van der Waals surface area contributed by atoms with E-state index in [-0.39, 0.29) is 36.4 Å². The van der Waals surface area contributed by atoms with Gasteiger partial charge in [0.15, 0.2) is 5.75 Å². The number of rotatable bonds is 3. The summed E-state index contributed by atoms with van der Waals surface area (Å²) < 4.78 is 5.37. The zero-order chi connectivity index (χ0) is 18.2. The minimum atomic E-state index is -0.869. The van der Waals surface area contributed by atoms with Crippen LogP contribution in [0.15, 0.2) is 6.20 Å². The van der Waals surface area contributed by atoms with Crippen molar-refractivity contribution in [1.82, 2.24) is 4.98 Å². The van der Waals surface area contributed by atoms with E-state index in [2.05, 4.69) is 4.98 Å². The molecule has 1 aromatic carbocycles. The van der Waals surface area contributed by atoms with Gasteiger partial charge in [-0.25, -0.2) is 4.98 Å². The molecule has 0 aliphatic heterocycles. The maximum absolute atomic E-state index is 11.2. The van der Waals surface area contributed by atoms with Crippen molar-refractivity contribution < 1.29 is 9.66 Å². The van der Waals surface area contributed by atoms with Gasteiger partial charge in [-0.1, -0.05) is 69.6 Å². The second-order valence-electron chi connectivity index (χ2n) is 4.01. The van der Waals surface area contributed by atoms with Crippen LogP contribution in [-0.2, 0) is 0 Å². The minimum absolute atomic E-state index is 0.122. The van der Waals surface area contributed by atoms with Crippen molar-refractivity contribution in [2.24, 2.45) is 0 Å². The molecule has 124 valence electrons. The Balaban J connectivity index is 2.77. The summed E-state index contributed by atoms with van der Waals surface area (Å²) in [6.45, 7) is 0. The largest absolute Gasteiger partial charge is 0.445 e. The molecule has 0 unspecified atom stereocenters. The Labute approximate surface area is 164 Å². The van der Waals surface area contributed by atoms with Gasteiger partial charge >= 0.3 is 5.69 Å². The minimum Gasteiger partial charge on any atom is -0.445 e. The van der Waals surface area contributed by atoms with Crippen molar-refractivity contribution in [2.75, 3.05) is 0 Å². The van der Waals surface area contributed by atoms with Crippen LogP contribution in [0.25, 0.3) is 0 Å². The lowest BCUT2D eigenvalue weighted by Gasteiger charge is -2.14. The van der Waals surface area contributed by atoms with Crippen molar-refractivity contribution in [1.29, 1.82) is 5.26 Å². The third kappa shape index (κ3) is 3.29. The second kappa shape index (κ2) is 7.36. The van der Waals surface area contributed by atoms with E-state index in [9.17, 15) is 10.1 Å². The fourth-order valence-electron chi connectivity index (χ4n) is 1.58. The lowest BCUT2D eigenvalue weighted by molar-refractivity contribution is -0.385. The molecule has 1 aromatic heterocycles. The first-order chi connectivity index (χ1) is 11.2. The van der Waals surface area contributed by atoms with E-state index >= 15 is 0 Å². The molecule has 0 saturated carbocycles. The van der Waals surface area contributed by atoms with Gasteiger partial charge in [0.25, 0.3) is 0 Å². The van der Waals surface area contributed by atoms with E-state index in [1.807, 2.05) is 0 Å². The lowest BCUT2D eigenvalue weighted by atomic mass is 10.2. The highest BCUT2D eigenvalue weighted by molar-refractivity contribution is 6.55. The predicted octanol–water partition coefficient (Wildman–Crippen LogP) is 6.57. The van der Waals surface area contributed by atoms with Gasteiger partial charge < -0.3 is 4.74 Å². The molecular weight excluding hydrogens is 447 g/mol. The number of halogens is 6. The van der Waals surface area contributed by atoms with Gasteiger partial charge in [0, 0.05) is 0 Å². The van der Waals surface area contributed by atoms with E-state index < -0.39 is 21.5 Å². The number of hydrogen-bond acceptors (Lipinski definition) is 5. The molecule has 1 heterocycles. The van der Waals surface area contributed by atoms with Crippen molar-refractivity contribution in [3.05, 3.63) is 52.1 Å². The molecule has 12 heteroatoms. The highest BCUT2D eigenvalue weighted by atomic mass is 35.5. The number of benzene rings is 1. The number of hydrogen-bond donors (Lipinski definition) is 0. The summed E-state index contributed by atoms with van der Waals surface area (Å²) in [7, 11) is 0. The van der Waals surface area contributed by atoms with Crippen molar-refractivity contribution in [3.63, 3.8) is 0 Å². The molecule has 2 aromatic rings. The van der Waals surface area contributed by atoms with Crippen LogP contribution in [0.2, 0.25) is 30.3 Å². The fraction of sp³-hybridized carbons (Fsp3) is 0. The zero-order valence-corrected chi connectivity index (χ0v) is 15.4. The Morgan fingerprint density at radius 2 is 1.50 bits per heavy atom. The van der Waals surface area contributed by atoms with Crippen LogP contribution in [0.4, 0.5) is 5.69 Å². The van der Waals surface area contributed by atoms with Crippen LogP contribution in [-0.4, -0.2) is 9.91 Å². The molecule has 0 amide bonds. The monoisotopic (exact) mass is 445 g/mol. The summed E-state index contributed by atoms with van der Waals surface area (Å²) in [6.07, 6.45) is 0.992. The summed E-state index contributed by atoms with van der Waals surface area (Å²) in [4.78, 5) is 13.9. The first kappa shape index (κ1) is 19.1. The molecule has 0 N–H and O–H groups in total. The summed E-state index contributed by atoms with van der Waals surface area (Å²) in [6, 6.07) is 1.69. The van der Waals surface area contributed by atoms with Gasteiger partial charge in [-0.05, 0) is 0 Å². The van der Waals surface area contributed by atoms with Crippen molar-refractivity contribution >= 4 is 75.3 Å². The van der Waals surface area contributed by atoms with Gasteiger partial charge in [-0.3, -0.25) is 10.1 Å². The van der Waals surface area contributed by atoms with Crippen LogP contribution in [0.1, 0.15) is 5.56 Å². The molecule has 0 saturated heterocycles. The van der Waals surface area contributed by atoms with Crippen LogP contribution in [0.5, 0.6) is 11.5 Å². The van der Waals surface area contributed by atoms with Crippen molar-refractivity contribution in [2.45, 2.75) is 0 Å². The highest BCUT2D eigenvalue weighted by Crippen LogP contribution is 2.51. The Morgan fingerprint density at radius 1 is 1.00 bits per heavy atom.